The van der Waals surface area contributed by atoms with Crippen LogP contribution < -0.4 is 0 Å². The first kappa shape index (κ1) is 10.4. The lowest BCUT2D eigenvalue weighted by Crippen LogP contribution is -1.98. The summed E-state index contributed by atoms with van der Waals surface area (Å²) in [6.45, 7) is 1.13. The van der Waals surface area contributed by atoms with E-state index in [0.717, 1.165) is 4.47 Å². The molecule has 0 spiro atoms. The Morgan fingerprint density at radius 2 is 1.86 bits per heavy atom. The summed E-state index contributed by atoms with van der Waals surface area (Å²) >= 11 is 6.59. The summed E-state index contributed by atoms with van der Waals surface area (Å²) in [4.78, 5) is 0. The van der Waals surface area contributed by atoms with Gasteiger partial charge in [-0.05, 0) is 28.1 Å². The van der Waals surface area contributed by atoms with E-state index < -0.39 is 6.29 Å². The van der Waals surface area contributed by atoms with Gasteiger partial charge < -0.3 is 14.6 Å². The van der Waals surface area contributed by atoms with E-state index in [0.29, 0.717) is 23.2 Å². The van der Waals surface area contributed by atoms with E-state index in [-0.39, 0.29) is 5.75 Å². The maximum Gasteiger partial charge on any atom is 0.187 e. The van der Waals surface area contributed by atoms with Gasteiger partial charge in [-0.2, -0.15) is 0 Å². The summed E-state index contributed by atoms with van der Waals surface area (Å²) in [7, 11) is 0. The maximum absolute atomic E-state index is 9.75. The lowest BCUT2D eigenvalue weighted by molar-refractivity contribution is -0.0455. The van der Waals surface area contributed by atoms with Gasteiger partial charge in [0.25, 0.3) is 0 Å². The summed E-state index contributed by atoms with van der Waals surface area (Å²) in [5.74, 6) is 0.167. The van der Waals surface area contributed by atoms with Crippen LogP contribution in [0.4, 0.5) is 0 Å². The molecule has 0 atom stereocenters. The predicted molar refractivity (Wildman–Crippen MR) is 58.2 cm³/mol. The Morgan fingerprint density at radius 3 is 2.50 bits per heavy atom. The molecule has 0 unspecified atom stereocenters. The molecule has 1 N–H and O–H groups in total. The van der Waals surface area contributed by atoms with Crippen LogP contribution in [-0.4, -0.2) is 18.3 Å². The Balaban J connectivity index is 2.40. The quantitative estimate of drug-likeness (QED) is 0.863. The fourth-order valence-corrected chi connectivity index (χ4v) is 2.56. The molecule has 3 nitrogen and oxygen atoms in total. The van der Waals surface area contributed by atoms with E-state index >= 15 is 0 Å². The van der Waals surface area contributed by atoms with Crippen LogP contribution in [0, 0.1) is 0 Å². The van der Waals surface area contributed by atoms with Gasteiger partial charge in [0.15, 0.2) is 6.29 Å². The molecule has 1 aliphatic rings. The van der Waals surface area contributed by atoms with Gasteiger partial charge in [-0.1, -0.05) is 15.9 Å². The van der Waals surface area contributed by atoms with Gasteiger partial charge >= 0.3 is 0 Å². The Hall–Kier alpha value is -0.100. The van der Waals surface area contributed by atoms with E-state index in [1.807, 2.05) is 0 Å². The molecule has 76 valence electrons. The third-order valence-corrected chi connectivity index (χ3v) is 3.00. The molecule has 0 saturated carbocycles. The number of phenolic OH excluding ortho intramolecular Hbond substituents is 1. The average molecular weight is 324 g/mol. The van der Waals surface area contributed by atoms with E-state index in [1.165, 1.54) is 0 Å². The fourth-order valence-electron chi connectivity index (χ4n) is 1.30. The molecule has 1 aromatic rings. The van der Waals surface area contributed by atoms with Crippen molar-refractivity contribution in [2.24, 2.45) is 0 Å². The van der Waals surface area contributed by atoms with E-state index in [9.17, 15) is 5.11 Å². The minimum atomic E-state index is -0.455. The minimum Gasteiger partial charge on any atom is -0.506 e. The SMILES string of the molecule is Oc1c(Br)cc(Br)cc1C1OCCO1. The molecule has 5 heteroatoms. The highest BCUT2D eigenvalue weighted by atomic mass is 79.9. The van der Waals surface area contributed by atoms with Gasteiger partial charge in [-0.15, -0.1) is 0 Å². The molecule has 1 fully saturated rings. The van der Waals surface area contributed by atoms with Crippen molar-refractivity contribution in [3.8, 4) is 5.75 Å². The number of phenols is 1. The zero-order valence-electron chi connectivity index (χ0n) is 7.17. The first-order valence-corrected chi connectivity index (χ1v) is 5.68. The predicted octanol–water partition coefficient (Wildman–Crippen LogP) is 2.96. The molecule has 0 amide bonds. The Bertz CT molecular complexity index is 348. The van der Waals surface area contributed by atoms with Crippen LogP contribution in [0.1, 0.15) is 11.9 Å². The summed E-state index contributed by atoms with van der Waals surface area (Å²) in [6, 6.07) is 3.56. The second kappa shape index (κ2) is 4.18. The Labute approximate surface area is 98.3 Å². The topological polar surface area (TPSA) is 38.7 Å². The third kappa shape index (κ3) is 1.95. The van der Waals surface area contributed by atoms with Gasteiger partial charge in [-0.3, -0.25) is 0 Å². The first-order chi connectivity index (χ1) is 6.68. The van der Waals surface area contributed by atoms with Crippen molar-refractivity contribution in [2.75, 3.05) is 13.2 Å². The minimum absolute atomic E-state index is 0.167. The molecule has 1 heterocycles. The van der Waals surface area contributed by atoms with Crippen LogP contribution in [0.5, 0.6) is 5.75 Å². The number of hydrogen-bond donors (Lipinski definition) is 1. The van der Waals surface area contributed by atoms with Crippen LogP contribution in [0.15, 0.2) is 21.1 Å². The smallest absolute Gasteiger partial charge is 0.187 e. The third-order valence-electron chi connectivity index (χ3n) is 1.93. The largest absolute Gasteiger partial charge is 0.506 e. The average Bonchev–Trinajstić information content (AvgIpc) is 2.63. The van der Waals surface area contributed by atoms with E-state index in [2.05, 4.69) is 31.9 Å². The van der Waals surface area contributed by atoms with Crippen LogP contribution in [-0.2, 0) is 9.47 Å². The van der Waals surface area contributed by atoms with Crippen molar-refractivity contribution in [1.82, 2.24) is 0 Å². The van der Waals surface area contributed by atoms with Crippen LogP contribution in [0.3, 0.4) is 0 Å². The summed E-state index contributed by atoms with van der Waals surface area (Å²) in [5.41, 5.74) is 0.642. The van der Waals surface area contributed by atoms with Crippen molar-refractivity contribution in [2.45, 2.75) is 6.29 Å². The molecule has 0 radical (unpaired) electrons. The van der Waals surface area contributed by atoms with E-state index in [1.54, 1.807) is 12.1 Å². The summed E-state index contributed by atoms with van der Waals surface area (Å²) in [5, 5.41) is 9.75. The van der Waals surface area contributed by atoms with Crippen molar-refractivity contribution in [1.29, 1.82) is 0 Å². The standard InChI is InChI=1S/C9H8Br2O3/c10-5-3-6(8(12)7(11)4-5)9-13-1-2-14-9/h3-4,9,12H,1-2H2. The number of halogens is 2. The Kier molecular flexibility index (Phi) is 3.11. The fraction of sp³-hybridized carbons (Fsp3) is 0.333. The van der Waals surface area contributed by atoms with Crippen LogP contribution >= 0.6 is 31.9 Å². The molecular weight excluding hydrogens is 316 g/mol. The van der Waals surface area contributed by atoms with Crippen molar-refractivity contribution in [3.63, 3.8) is 0 Å². The van der Waals surface area contributed by atoms with Crippen molar-refractivity contribution in [3.05, 3.63) is 26.6 Å². The van der Waals surface area contributed by atoms with Gasteiger partial charge in [-0.25, -0.2) is 0 Å². The molecule has 1 aromatic carbocycles. The lowest BCUT2D eigenvalue weighted by Gasteiger charge is -2.12. The first-order valence-electron chi connectivity index (χ1n) is 4.09. The molecule has 14 heavy (non-hydrogen) atoms. The number of aromatic hydroxyl groups is 1. The monoisotopic (exact) mass is 322 g/mol. The maximum atomic E-state index is 9.75. The molecule has 1 saturated heterocycles. The second-order valence-corrected chi connectivity index (χ2v) is 4.67. The number of ether oxygens (including phenoxy) is 2. The van der Waals surface area contributed by atoms with E-state index in [4.69, 9.17) is 9.47 Å². The van der Waals surface area contributed by atoms with Gasteiger partial charge in [0.1, 0.15) is 5.75 Å². The molecular formula is C9H8Br2O3. The number of benzene rings is 1. The second-order valence-electron chi connectivity index (χ2n) is 2.90. The molecule has 0 bridgehead atoms. The lowest BCUT2D eigenvalue weighted by atomic mass is 10.2. The molecule has 1 aliphatic heterocycles. The van der Waals surface area contributed by atoms with Crippen LogP contribution in [0.2, 0.25) is 0 Å². The summed E-state index contributed by atoms with van der Waals surface area (Å²) < 4.78 is 12.1. The highest BCUT2D eigenvalue weighted by Crippen LogP contribution is 2.38. The number of rotatable bonds is 1. The number of hydrogen-bond acceptors (Lipinski definition) is 3. The Morgan fingerprint density at radius 1 is 1.21 bits per heavy atom. The van der Waals surface area contributed by atoms with Crippen molar-refractivity contribution < 1.29 is 14.6 Å². The normalized spacial score (nSPS) is 17.6. The van der Waals surface area contributed by atoms with Gasteiger partial charge in [0.05, 0.1) is 23.2 Å². The molecule has 2 rings (SSSR count). The highest BCUT2D eigenvalue weighted by molar-refractivity contribution is 9.11. The zero-order chi connectivity index (χ0) is 10.1. The van der Waals surface area contributed by atoms with Gasteiger partial charge in [0.2, 0.25) is 0 Å². The highest BCUT2D eigenvalue weighted by Gasteiger charge is 2.23. The van der Waals surface area contributed by atoms with Gasteiger partial charge in [0, 0.05) is 4.47 Å². The summed E-state index contributed by atoms with van der Waals surface area (Å²) in [6.07, 6.45) is -0.455. The molecule has 0 aliphatic carbocycles. The zero-order valence-corrected chi connectivity index (χ0v) is 10.3. The van der Waals surface area contributed by atoms with Crippen LogP contribution in [0.25, 0.3) is 0 Å². The molecule has 0 aromatic heterocycles. The van der Waals surface area contributed by atoms with Crippen molar-refractivity contribution >= 4 is 31.9 Å².